The van der Waals surface area contributed by atoms with Crippen molar-refractivity contribution in [2.45, 2.75) is 25.8 Å². The third kappa shape index (κ3) is 4.55. The topological polar surface area (TPSA) is 102 Å². The zero-order valence-electron chi connectivity index (χ0n) is 14.4. The first kappa shape index (κ1) is 18.3. The van der Waals surface area contributed by atoms with Gasteiger partial charge in [-0.25, -0.2) is 4.98 Å². The van der Waals surface area contributed by atoms with E-state index in [4.69, 9.17) is 9.47 Å². The van der Waals surface area contributed by atoms with Gasteiger partial charge in [0.05, 0.1) is 18.4 Å². The van der Waals surface area contributed by atoms with E-state index in [9.17, 15) is 9.70 Å². The molecule has 2 N–H and O–H groups in total. The van der Waals surface area contributed by atoms with Gasteiger partial charge in [0.2, 0.25) is 0 Å². The van der Waals surface area contributed by atoms with Crippen molar-refractivity contribution in [3.8, 4) is 5.75 Å². The van der Waals surface area contributed by atoms with Gasteiger partial charge in [-0.1, -0.05) is 11.3 Å². The Balaban J connectivity index is 1.74. The van der Waals surface area contributed by atoms with E-state index in [0.29, 0.717) is 29.1 Å². The van der Waals surface area contributed by atoms with Gasteiger partial charge in [0, 0.05) is 31.0 Å². The Labute approximate surface area is 154 Å². The number of anilines is 2. The lowest BCUT2D eigenvalue weighted by Gasteiger charge is -2.24. The van der Waals surface area contributed by atoms with E-state index in [1.165, 1.54) is 6.20 Å². The van der Waals surface area contributed by atoms with Gasteiger partial charge >= 0.3 is 0 Å². The molecule has 0 saturated carbocycles. The van der Waals surface area contributed by atoms with E-state index in [1.807, 2.05) is 19.1 Å². The van der Waals surface area contributed by atoms with Crippen LogP contribution < -0.4 is 15.4 Å². The summed E-state index contributed by atoms with van der Waals surface area (Å²) in [6.45, 7) is 3.81. The molecule has 1 fully saturated rings. The van der Waals surface area contributed by atoms with Crippen molar-refractivity contribution in [1.82, 2.24) is 4.98 Å². The monoisotopic (exact) mass is 376 g/mol. The zero-order valence-corrected chi connectivity index (χ0v) is 15.2. The Kier molecular flexibility index (Phi) is 6.13. The molecule has 1 amide bonds. The van der Waals surface area contributed by atoms with Crippen LogP contribution in [0.4, 0.5) is 15.8 Å². The van der Waals surface area contributed by atoms with Gasteiger partial charge < -0.3 is 14.8 Å². The number of amides is 1. The highest BCUT2D eigenvalue weighted by Crippen LogP contribution is 2.29. The summed E-state index contributed by atoms with van der Waals surface area (Å²) in [4.78, 5) is 27.0. The summed E-state index contributed by atoms with van der Waals surface area (Å²) in [5.41, 5.74) is 1.30. The van der Waals surface area contributed by atoms with Crippen LogP contribution >= 0.6 is 11.3 Å². The third-order valence-electron chi connectivity index (χ3n) is 3.92. The Bertz CT molecular complexity index is 774. The summed E-state index contributed by atoms with van der Waals surface area (Å²) in [5.74, 6) is 0.144. The molecule has 2 heterocycles. The summed E-state index contributed by atoms with van der Waals surface area (Å²) < 4.78 is 11.0. The van der Waals surface area contributed by atoms with Crippen LogP contribution in [0.25, 0.3) is 0 Å². The number of carbonyl (C=O) groups is 1. The molecule has 0 atom stereocenters. The van der Waals surface area contributed by atoms with Gasteiger partial charge in [-0.2, -0.15) is 0 Å². The molecule has 1 aliphatic rings. The predicted molar refractivity (Wildman–Crippen MR) is 101 cm³/mol. The first-order chi connectivity index (χ1) is 12.7. The summed E-state index contributed by atoms with van der Waals surface area (Å²) in [5, 5.41) is 9.45. The predicted octanol–water partition coefficient (Wildman–Crippen LogP) is 3.78. The fourth-order valence-corrected chi connectivity index (χ4v) is 3.27. The maximum Gasteiger partial charge on any atom is 0.261 e. The number of thiazole rings is 1. The molecule has 26 heavy (non-hydrogen) atoms. The number of nitrogens with one attached hydrogen (secondary N) is 2. The van der Waals surface area contributed by atoms with E-state index in [2.05, 4.69) is 20.8 Å². The molecule has 2 aromatic rings. The highest BCUT2D eigenvalue weighted by atomic mass is 32.1. The summed E-state index contributed by atoms with van der Waals surface area (Å²) >= 11 is 1.01. The molecule has 1 saturated heterocycles. The van der Waals surface area contributed by atoms with Gasteiger partial charge in [0.1, 0.15) is 5.75 Å². The van der Waals surface area contributed by atoms with Crippen LogP contribution in [0, 0.1) is 4.91 Å². The summed E-state index contributed by atoms with van der Waals surface area (Å²) in [6, 6.07) is 5.75. The number of hydrogen-bond acceptors (Lipinski definition) is 8. The molecule has 0 unspecified atom stereocenters. The van der Waals surface area contributed by atoms with E-state index >= 15 is 0 Å². The number of hydrogen-bond donors (Lipinski definition) is 2. The lowest BCUT2D eigenvalue weighted by Crippen LogP contribution is -2.27. The van der Waals surface area contributed by atoms with Crippen molar-refractivity contribution in [3.05, 3.63) is 34.9 Å². The van der Waals surface area contributed by atoms with Crippen molar-refractivity contribution in [3.63, 3.8) is 0 Å². The lowest BCUT2D eigenvalue weighted by atomic mass is 10.1. The number of aromatic nitrogens is 1. The maximum absolute atomic E-state index is 12.5. The van der Waals surface area contributed by atoms with Gasteiger partial charge in [-0.3, -0.25) is 10.1 Å². The lowest BCUT2D eigenvalue weighted by molar-refractivity contribution is 0.0904. The van der Waals surface area contributed by atoms with Crippen LogP contribution in [0.15, 0.2) is 29.6 Å². The molecule has 0 bridgehead atoms. The molecule has 3 rings (SSSR count). The van der Waals surface area contributed by atoms with E-state index in [1.54, 1.807) is 6.07 Å². The van der Waals surface area contributed by atoms with Crippen LogP contribution in [0.3, 0.4) is 0 Å². The Morgan fingerprint density at radius 2 is 2.23 bits per heavy atom. The zero-order chi connectivity index (χ0) is 18.4. The quantitative estimate of drug-likeness (QED) is 0.713. The molecule has 1 aromatic heterocycles. The van der Waals surface area contributed by atoms with Crippen LogP contribution in [0.1, 0.15) is 30.1 Å². The third-order valence-corrected chi connectivity index (χ3v) is 4.71. The van der Waals surface area contributed by atoms with Crippen LogP contribution in [0.5, 0.6) is 5.75 Å². The molecular formula is C17H20N4O4S. The molecule has 1 aliphatic heterocycles. The highest BCUT2D eigenvalue weighted by molar-refractivity contribution is 7.19. The second-order valence-electron chi connectivity index (χ2n) is 5.72. The number of nitroso groups, excluding NO2 is 1. The molecule has 0 radical (unpaired) electrons. The molecule has 138 valence electrons. The van der Waals surface area contributed by atoms with Crippen molar-refractivity contribution in [1.29, 1.82) is 0 Å². The largest absolute Gasteiger partial charge is 0.493 e. The second kappa shape index (κ2) is 8.72. The number of ether oxygens (including phenoxy) is 2. The molecular weight excluding hydrogens is 356 g/mol. The molecule has 9 heteroatoms. The maximum atomic E-state index is 12.5. The van der Waals surface area contributed by atoms with Crippen molar-refractivity contribution in [2.75, 3.05) is 30.5 Å². The van der Waals surface area contributed by atoms with E-state index < -0.39 is 0 Å². The molecule has 8 nitrogen and oxygen atoms in total. The van der Waals surface area contributed by atoms with Crippen molar-refractivity contribution in [2.24, 2.45) is 5.18 Å². The Hall–Kier alpha value is -2.52. The average Bonchev–Trinajstić information content (AvgIpc) is 3.10. The fraction of sp³-hybridized carbons (Fsp3) is 0.412. The smallest absolute Gasteiger partial charge is 0.261 e. The first-order valence-corrected chi connectivity index (χ1v) is 9.23. The second-order valence-corrected chi connectivity index (χ2v) is 6.73. The molecule has 1 aromatic carbocycles. The van der Waals surface area contributed by atoms with E-state index in [-0.39, 0.29) is 10.9 Å². The SMILES string of the molecule is CCOc1cc(NC2CCOCC2)ccc1C(=O)Nc1ncc(N=O)s1. The fourth-order valence-electron chi connectivity index (χ4n) is 2.68. The van der Waals surface area contributed by atoms with Crippen LogP contribution in [-0.2, 0) is 4.74 Å². The van der Waals surface area contributed by atoms with E-state index in [0.717, 1.165) is 43.1 Å². The van der Waals surface area contributed by atoms with Gasteiger partial charge in [-0.05, 0) is 37.1 Å². The van der Waals surface area contributed by atoms with Crippen LogP contribution in [0.2, 0.25) is 0 Å². The van der Waals surface area contributed by atoms with Gasteiger partial charge in [0.25, 0.3) is 5.91 Å². The molecule has 0 aliphatic carbocycles. The Morgan fingerprint density at radius 3 is 2.92 bits per heavy atom. The van der Waals surface area contributed by atoms with Gasteiger partial charge in [0.15, 0.2) is 10.1 Å². The number of rotatable bonds is 7. The number of carbonyl (C=O) groups excluding carboxylic acids is 1. The minimum atomic E-state index is -0.349. The normalized spacial score (nSPS) is 14.7. The first-order valence-electron chi connectivity index (χ1n) is 8.41. The van der Waals surface area contributed by atoms with Crippen molar-refractivity contribution < 1.29 is 14.3 Å². The van der Waals surface area contributed by atoms with Crippen molar-refractivity contribution >= 4 is 33.1 Å². The van der Waals surface area contributed by atoms with Gasteiger partial charge in [-0.15, -0.1) is 4.91 Å². The van der Waals surface area contributed by atoms with Crippen LogP contribution in [-0.4, -0.2) is 36.8 Å². The summed E-state index contributed by atoms with van der Waals surface area (Å²) in [6.07, 6.45) is 3.21. The number of nitrogens with zero attached hydrogens (tertiary/aromatic N) is 2. The Morgan fingerprint density at radius 1 is 1.42 bits per heavy atom. The molecule has 0 spiro atoms. The minimum Gasteiger partial charge on any atom is -0.493 e. The summed E-state index contributed by atoms with van der Waals surface area (Å²) in [7, 11) is 0. The standard InChI is InChI=1S/C17H20N4O4S/c1-2-25-14-9-12(19-11-5-7-24-8-6-11)3-4-13(14)16(22)20-17-18-10-15(21-23)26-17/h3-4,9-11,19H,2,5-8H2,1H3,(H,18,20,22). The number of benzene rings is 1. The average molecular weight is 376 g/mol. The minimum absolute atomic E-state index is 0.210. The highest BCUT2D eigenvalue weighted by Gasteiger charge is 2.18.